The van der Waals surface area contributed by atoms with Gasteiger partial charge in [0.15, 0.2) is 0 Å². The molecule has 1 amide bonds. The standard InChI is InChI=1S/C14H21N3O2/c1-10(15)14(18)17-8-7-16-9-12(17)11-5-3-4-6-13(11)19-2/h3-6,10,12,16H,7-9,15H2,1-2H3/t10-,12?/m1/s1. The molecule has 1 aromatic carbocycles. The highest BCUT2D eigenvalue weighted by molar-refractivity contribution is 5.82. The van der Waals surface area contributed by atoms with Crippen molar-refractivity contribution in [2.45, 2.75) is 19.0 Å². The molecule has 0 radical (unpaired) electrons. The first kappa shape index (κ1) is 13.8. The van der Waals surface area contributed by atoms with Gasteiger partial charge in [0.2, 0.25) is 5.91 Å². The molecule has 0 saturated carbocycles. The molecule has 19 heavy (non-hydrogen) atoms. The molecule has 3 N–H and O–H groups in total. The fraction of sp³-hybridized carbons (Fsp3) is 0.500. The number of nitrogens with two attached hydrogens (primary N) is 1. The maximum atomic E-state index is 12.2. The van der Waals surface area contributed by atoms with Gasteiger partial charge in [0.25, 0.3) is 0 Å². The molecule has 1 aromatic rings. The van der Waals surface area contributed by atoms with Crippen LogP contribution < -0.4 is 15.8 Å². The number of amides is 1. The first-order chi connectivity index (χ1) is 9.15. The summed E-state index contributed by atoms with van der Waals surface area (Å²) in [5.74, 6) is 0.788. The van der Waals surface area contributed by atoms with Crippen molar-refractivity contribution in [3.8, 4) is 5.75 Å². The highest BCUT2D eigenvalue weighted by atomic mass is 16.5. The van der Waals surface area contributed by atoms with E-state index in [1.165, 1.54) is 0 Å². The summed E-state index contributed by atoms with van der Waals surface area (Å²) in [6.07, 6.45) is 0. The molecule has 2 atom stereocenters. The smallest absolute Gasteiger partial charge is 0.239 e. The lowest BCUT2D eigenvalue weighted by atomic mass is 10.0. The first-order valence-electron chi connectivity index (χ1n) is 6.55. The van der Waals surface area contributed by atoms with Gasteiger partial charge in [0.05, 0.1) is 19.2 Å². The van der Waals surface area contributed by atoms with E-state index in [0.29, 0.717) is 6.54 Å². The van der Waals surface area contributed by atoms with Crippen LogP contribution in [-0.4, -0.2) is 43.6 Å². The third-order valence-corrected chi connectivity index (χ3v) is 3.41. The largest absolute Gasteiger partial charge is 0.496 e. The van der Waals surface area contributed by atoms with Crippen LogP contribution in [0, 0.1) is 0 Å². The van der Waals surface area contributed by atoms with Crippen LogP contribution in [0.2, 0.25) is 0 Å². The van der Waals surface area contributed by atoms with Gasteiger partial charge < -0.3 is 20.7 Å². The predicted octanol–water partition coefficient (Wildman–Crippen LogP) is 0.515. The third-order valence-electron chi connectivity index (χ3n) is 3.41. The molecule has 1 aliphatic heterocycles. The molecule has 1 saturated heterocycles. The second kappa shape index (κ2) is 6.04. The lowest BCUT2D eigenvalue weighted by molar-refractivity contribution is -0.135. The number of nitrogens with one attached hydrogen (secondary N) is 1. The van der Waals surface area contributed by atoms with Crippen molar-refractivity contribution in [3.63, 3.8) is 0 Å². The number of carbonyl (C=O) groups is 1. The number of methoxy groups -OCH3 is 1. The molecule has 0 aliphatic carbocycles. The number of ether oxygens (including phenoxy) is 1. The monoisotopic (exact) mass is 263 g/mol. The minimum Gasteiger partial charge on any atom is -0.496 e. The van der Waals surface area contributed by atoms with Crippen LogP contribution in [0.5, 0.6) is 5.75 Å². The summed E-state index contributed by atoms with van der Waals surface area (Å²) < 4.78 is 5.39. The molecule has 0 bridgehead atoms. The molecule has 0 aromatic heterocycles. The molecule has 1 heterocycles. The molecule has 1 fully saturated rings. The topological polar surface area (TPSA) is 67.6 Å². The molecule has 5 nitrogen and oxygen atoms in total. The van der Waals surface area contributed by atoms with E-state index in [0.717, 1.165) is 24.4 Å². The average Bonchev–Trinajstić information content (AvgIpc) is 2.46. The van der Waals surface area contributed by atoms with E-state index >= 15 is 0 Å². The van der Waals surface area contributed by atoms with Crippen molar-refractivity contribution in [1.29, 1.82) is 0 Å². The Bertz CT molecular complexity index is 448. The Balaban J connectivity index is 2.31. The number of benzene rings is 1. The Morgan fingerprint density at radius 2 is 2.26 bits per heavy atom. The number of hydrogen-bond acceptors (Lipinski definition) is 4. The van der Waals surface area contributed by atoms with Gasteiger partial charge in [0.1, 0.15) is 5.75 Å². The molecule has 5 heteroatoms. The number of carbonyl (C=O) groups excluding carboxylic acids is 1. The van der Waals surface area contributed by atoms with E-state index in [2.05, 4.69) is 5.32 Å². The molecule has 1 aliphatic rings. The normalized spacial score (nSPS) is 21.0. The Morgan fingerprint density at radius 3 is 2.95 bits per heavy atom. The van der Waals surface area contributed by atoms with E-state index in [9.17, 15) is 4.79 Å². The second-order valence-corrected chi connectivity index (χ2v) is 4.78. The van der Waals surface area contributed by atoms with Crippen molar-refractivity contribution < 1.29 is 9.53 Å². The Kier molecular flexibility index (Phi) is 4.39. The summed E-state index contributed by atoms with van der Waals surface area (Å²) in [5.41, 5.74) is 6.75. The van der Waals surface area contributed by atoms with Gasteiger partial charge in [-0.05, 0) is 13.0 Å². The van der Waals surface area contributed by atoms with Crippen molar-refractivity contribution in [2.75, 3.05) is 26.7 Å². The van der Waals surface area contributed by atoms with Crippen molar-refractivity contribution >= 4 is 5.91 Å². The van der Waals surface area contributed by atoms with Crippen LogP contribution in [0.1, 0.15) is 18.5 Å². The van der Waals surface area contributed by atoms with E-state index in [1.807, 2.05) is 29.2 Å². The Morgan fingerprint density at radius 1 is 1.53 bits per heavy atom. The molecular formula is C14H21N3O2. The predicted molar refractivity (Wildman–Crippen MR) is 74.0 cm³/mol. The van der Waals surface area contributed by atoms with Gasteiger partial charge >= 0.3 is 0 Å². The summed E-state index contributed by atoms with van der Waals surface area (Å²) in [6, 6.07) is 7.30. The minimum absolute atomic E-state index is 0.0163. The highest BCUT2D eigenvalue weighted by Gasteiger charge is 2.30. The van der Waals surface area contributed by atoms with Crippen LogP contribution in [0.4, 0.5) is 0 Å². The van der Waals surface area contributed by atoms with Crippen LogP contribution in [-0.2, 0) is 4.79 Å². The zero-order valence-corrected chi connectivity index (χ0v) is 11.4. The maximum Gasteiger partial charge on any atom is 0.239 e. The van der Waals surface area contributed by atoms with Gasteiger partial charge in [-0.25, -0.2) is 0 Å². The van der Waals surface area contributed by atoms with Crippen molar-refractivity contribution in [1.82, 2.24) is 10.2 Å². The van der Waals surface area contributed by atoms with Gasteiger partial charge in [-0.15, -0.1) is 0 Å². The van der Waals surface area contributed by atoms with Gasteiger partial charge in [0, 0.05) is 25.2 Å². The molecule has 104 valence electrons. The van der Waals surface area contributed by atoms with E-state index in [1.54, 1.807) is 14.0 Å². The second-order valence-electron chi connectivity index (χ2n) is 4.78. The van der Waals surface area contributed by atoms with Crippen molar-refractivity contribution in [2.24, 2.45) is 5.73 Å². The van der Waals surface area contributed by atoms with Crippen LogP contribution >= 0.6 is 0 Å². The van der Waals surface area contributed by atoms with E-state index in [-0.39, 0.29) is 11.9 Å². The quantitative estimate of drug-likeness (QED) is 0.834. The summed E-state index contributed by atoms with van der Waals surface area (Å²) in [4.78, 5) is 14.1. The summed E-state index contributed by atoms with van der Waals surface area (Å²) in [7, 11) is 1.65. The average molecular weight is 263 g/mol. The zero-order chi connectivity index (χ0) is 13.8. The minimum atomic E-state index is -0.477. The fourth-order valence-corrected chi connectivity index (χ4v) is 2.45. The number of para-hydroxylation sites is 1. The van der Waals surface area contributed by atoms with Gasteiger partial charge in [-0.3, -0.25) is 4.79 Å². The van der Waals surface area contributed by atoms with Crippen molar-refractivity contribution in [3.05, 3.63) is 29.8 Å². The summed E-state index contributed by atoms with van der Waals surface area (Å²) in [6.45, 7) is 3.91. The van der Waals surface area contributed by atoms with Crippen LogP contribution in [0.3, 0.4) is 0 Å². The third kappa shape index (κ3) is 2.88. The fourth-order valence-electron chi connectivity index (χ4n) is 2.45. The highest BCUT2D eigenvalue weighted by Crippen LogP contribution is 2.30. The number of piperazine rings is 1. The molecule has 2 rings (SSSR count). The molecular weight excluding hydrogens is 242 g/mol. The van der Waals surface area contributed by atoms with E-state index < -0.39 is 6.04 Å². The summed E-state index contributed by atoms with van der Waals surface area (Å²) >= 11 is 0. The molecule has 1 unspecified atom stereocenters. The van der Waals surface area contributed by atoms with E-state index in [4.69, 9.17) is 10.5 Å². The van der Waals surface area contributed by atoms with Crippen LogP contribution in [0.15, 0.2) is 24.3 Å². The Hall–Kier alpha value is -1.59. The zero-order valence-electron chi connectivity index (χ0n) is 11.4. The first-order valence-corrected chi connectivity index (χ1v) is 6.55. The lowest BCUT2D eigenvalue weighted by Gasteiger charge is -2.38. The number of rotatable bonds is 3. The molecule has 0 spiro atoms. The van der Waals surface area contributed by atoms with Crippen LogP contribution in [0.25, 0.3) is 0 Å². The van der Waals surface area contributed by atoms with Gasteiger partial charge in [-0.2, -0.15) is 0 Å². The maximum absolute atomic E-state index is 12.2. The number of nitrogens with zero attached hydrogens (tertiary/aromatic N) is 1. The summed E-state index contributed by atoms with van der Waals surface area (Å²) in [5, 5.41) is 3.32. The SMILES string of the molecule is COc1ccccc1C1CNCCN1C(=O)[C@@H](C)N. The lowest BCUT2D eigenvalue weighted by Crippen LogP contribution is -2.52. The number of hydrogen-bond donors (Lipinski definition) is 2. The Labute approximate surface area is 113 Å². The van der Waals surface area contributed by atoms with Gasteiger partial charge in [-0.1, -0.05) is 18.2 Å².